The standard InChI is InChI=1S/C35H47N3O5/c1-7-8-9-10-13-20-38(33(41)30(23-39)37-34(42)43-35(4,5)6)31(29-19-16-24(2)21-25(29)3)32(40)36-28-18-17-26-14-11-12-15-27(26)22-28/h11-12,14-19,21-22,30-31,39H,7-10,13,20,23H2,1-6H3,(H,36,40)(H,37,42). The smallest absolute Gasteiger partial charge is 0.408 e. The van der Waals surface area contributed by atoms with Gasteiger partial charge >= 0.3 is 6.09 Å². The number of carbonyl (C=O) groups is 3. The van der Waals surface area contributed by atoms with Gasteiger partial charge in [0.2, 0.25) is 5.91 Å². The number of hydrogen-bond acceptors (Lipinski definition) is 5. The molecule has 3 aromatic carbocycles. The fourth-order valence-electron chi connectivity index (χ4n) is 5.15. The summed E-state index contributed by atoms with van der Waals surface area (Å²) < 4.78 is 5.35. The number of aryl methyl sites for hydroxylation is 2. The van der Waals surface area contributed by atoms with Crippen molar-refractivity contribution in [2.24, 2.45) is 0 Å². The topological polar surface area (TPSA) is 108 Å². The molecule has 0 radical (unpaired) electrons. The highest BCUT2D eigenvalue weighted by molar-refractivity contribution is 6.00. The molecule has 3 aromatic rings. The van der Waals surface area contributed by atoms with Gasteiger partial charge in [-0.1, -0.05) is 86.7 Å². The van der Waals surface area contributed by atoms with E-state index in [2.05, 4.69) is 17.6 Å². The summed E-state index contributed by atoms with van der Waals surface area (Å²) in [5, 5.41) is 17.8. The van der Waals surface area contributed by atoms with Crippen molar-refractivity contribution in [2.45, 2.75) is 91.3 Å². The van der Waals surface area contributed by atoms with Crippen LogP contribution < -0.4 is 10.6 Å². The molecule has 232 valence electrons. The lowest BCUT2D eigenvalue weighted by molar-refractivity contribution is -0.141. The fourth-order valence-corrected chi connectivity index (χ4v) is 5.15. The summed E-state index contributed by atoms with van der Waals surface area (Å²) in [6.07, 6.45) is 3.90. The van der Waals surface area contributed by atoms with E-state index in [-0.39, 0.29) is 12.5 Å². The van der Waals surface area contributed by atoms with E-state index in [1.165, 1.54) is 4.90 Å². The number of carbonyl (C=O) groups excluding carboxylic acids is 3. The van der Waals surface area contributed by atoms with E-state index < -0.39 is 36.3 Å². The number of nitrogens with zero attached hydrogens (tertiary/aromatic N) is 1. The highest BCUT2D eigenvalue weighted by atomic mass is 16.6. The molecule has 3 rings (SSSR count). The first-order valence-corrected chi connectivity index (χ1v) is 15.2. The zero-order chi connectivity index (χ0) is 31.6. The summed E-state index contributed by atoms with van der Waals surface area (Å²) in [4.78, 5) is 42.4. The molecule has 8 heteroatoms. The zero-order valence-electron chi connectivity index (χ0n) is 26.4. The zero-order valence-corrected chi connectivity index (χ0v) is 26.4. The minimum atomic E-state index is -1.28. The number of anilines is 1. The van der Waals surface area contributed by atoms with Crippen molar-refractivity contribution in [3.05, 3.63) is 77.4 Å². The Hall–Kier alpha value is -3.91. The molecular weight excluding hydrogens is 542 g/mol. The van der Waals surface area contributed by atoms with Crippen molar-refractivity contribution >= 4 is 34.4 Å². The van der Waals surface area contributed by atoms with Gasteiger partial charge in [0.25, 0.3) is 5.91 Å². The number of aliphatic hydroxyl groups excluding tert-OH is 1. The van der Waals surface area contributed by atoms with Crippen LogP contribution in [0.1, 0.15) is 82.5 Å². The Morgan fingerprint density at radius 3 is 2.26 bits per heavy atom. The first-order chi connectivity index (χ1) is 20.4. The molecule has 0 fully saturated rings. The molecule has 0 aliphatic carbocycles. The van der Waals surface area contributed by atoms with Crippen molar-refractivity contribution < 1.29 is 24.2 Å². The highest BCUT2D eigenvalue weighted by Gasteiger charge is 2.36. The van der Waals surface area contributed by atoms with Crippen LogP contribution in [0.5, 0.6) is 0 Å². The minimum absolute atomic E-state index is 0.276. The Morgan fingerprint density at radius 1 is 0.907 bits per heavy atom. The Bertz CT molecular complexity index is 1400. The fraction of sp³-hybridized carbons (Fsp3) is 0.457. The van der Waals surface area contributed by atoms with E-state index in [9.17, 15) is 19.5 Å². The molecule has 0 aliphatic heterocycles. The number of alkyl carbamates (subject to hydrolysis) is 1. The van der Waals surface area contributed by atoms with Crippen LogP contribution in [0.3, 0.4) is 0 Å². The summed E-state index contributed by atoms with van der Waals surface area (Å²) in [6.45, 7) is 10.8. The van der Waals surface area contributed by atoms with Crippen molar-refractivity contribution in [1.29, 1.82) is 0 Å². The maximum absolute atomic E-state index is 14.2. The third-order valence-electron chi connectivity index (χ3n) is 7.25. The summed E-state index contributed by atoms with van der Waals surface area (Å²) in [7, 11) is 0. The second-order valence-corrected chi connectivity index (χ2v) is 12.1. The molecule has 0 aliphatic rings. The number of amides is 3. The van der Waals surface area contributed by atoms with Crippen LogP contribution in [0.4, 0.5) is 10.5 Å². The van der Waals surface area contributed by atoms with Crippen LogP contribution in [0.2, 0.25) is 0 Å². The van der Waals surface area contributed by atoms with Gasteiger partial charge in [-0.05, 0) is 75.1 Å². The number of hydrogen-bond donors (Lipinski definition) is 3. The molecule has 0 saturated heterocycles. The molecule has 0 spiro atoms. The molecule has 2 atom stereocenters. The van der Waals surface area contributed by atoms with Crippen molar-refractivity contribution in [1.82, 2.24) is 10.2 Å². The third-order valence-corrected chi connectivity index (χ3v) is 7.25. The van der Waals surface area contributed by atoms with Gasteiger partial charge in [0.05, 0.1) is 6.61 Å². The van der Waals surface area contributed by atoms with Crippen molar-refractivity contribution in [2.75, 3.05) is 18.5 Å². The molecular formula is C35H47N3O5. The van der Waals surface area contributed by atoms with Gasteiger partial charge in [-0.25, -0.2) is 4.79 Å². The number of nitrogens with one attached hydrogen (secondary N) is 2. The van der Waals surface area contributed by atoms with E-state index >= 15 is 0 Å². The van der Waals surface area contributed by atoms with E-state index in [1.54, 1.807) is 20.8 Å². The van der Waals surface area contributed by atoms with Gasteiger partial charge in [-0.15, -0.1) is 0 Å². The van der Waals surface area contributed by atoms with Crippen molar-refractivity contribution in [3.63, 3.8) is 0 Å². The van der Waals surface area contributed by atoms with Gasteiger partial charge in [-0.3, -0.25) is 9.59 Å². The largest absolute Gasteiger partial charge is 0.444 e. The minimum Gasteiger partial charge on any atom is -0.444 e. The molecule has 3 N–H and O–H groups in total. The quantitative estimate of drug-likeness (QED) is 0.190. The summed E-state index contributed by atoms with van der Waals surface area (Å²) in [5.41, 5.74) is 2.40. The first kappa shape index (κ1) is 33.6. The highest BCUT2D eigenvalue weighted by Crippen LogP contribution is 2.29. The molecule has 3 amide bonds. The number of ether oxygens (including phenoxy) is 1. The van der Waals surface area contributed by atoms with Gasteiger partial charge in [0.1, 0.15) is 17.7 Å². The maximum atomic E-state index is 14.2. The van der Waals surface area contributed by atoms with Crippen LogP contribution in [0.15, 0.2) is 60.7 Å². The predicted molar refractivity (Wildman–Crippen MR) is 172 cm³/mol. The van der Waals surface area contributed by atoms with Gasteiger partial charge in [0.15, 0.2) is 0 Å². The average molecular weight is 590 g/mol. The number of fused-ring (bicyclic) bond motifs is 1. The number of aliphatic hydroxyl groups is 1. The Labute approximate surface area is 255 Å². The second-order valence-electron chi connectivity index (χ2n) is 12.1. The summed E-state index contributed by atoms with van der Waals surface area (Å²) >= 11 is 0. The molecule has 0 aromatic heterocycles. The maximum Gasteiger partial charge on any atom is 0.408 e. The lowest BCUT2D eigenvalue weighted by Gasteiger charge is -2.35. The molecule has 43 heavy (non-hydrogen) atoms. The van der Waals surface area contributed by atoms with Gasteiger partial charge < -0.3 is 25.4 Å². The van der Waals surface area contributed by atoms with Gasteiger partial charge in [-0.2, -0.15) is 0 Å². The third kappa shape index (κ3) is 9.82. The Balaban J connectivity index is 2.02. The monoisotopic (exact) mass is 589 g/mol. The van der Waals surface area contributed by atoms with Crippen LogP contribution in [-0.4, -0.2) is 52.7 Å². The van der Waals surface area contributed by atoms with Crippen LogP contribution in [-0.2, 0) is 14.3 Å². The lowest BCUT2D eigenvalue weighted by Crippen LogP contribution is -2.54. The molecule has 0 heterocycles. The summed E-state index contributed by atoms with van der Waals surface area (Å²) in [6, 6.07) is 17.1. The van der Waals surface area contributed by atoms with E-state index in [4.69, 9.17) is 4.74 Å². The normalized spacial score (nSPS) is 12.8. The Kier molecular flexibility index (Phi) is 12.1. The molecule has 2 unspecified atom stereocenters. The molecule has 0 bridgehead atoms. The van der Waals surface area contributed by atoms with Crippen LogP contribution >= 0.6 is 0 Å². The summed E-state index contributed by atoms with van der Waals surface area (Å²) in [5.74, 6) is -0.930. The molecule has 8 nitrogen and oxygen atoms in total. The number of rotatable bonds is 13. The van der Waals surface area contributed by atoms with Crippen LogP contribution in [0, 0.1) is 13.8 Å². The van der Waals surface area contributed by atoms with E-state index in [1.807, 2.05) is 74.5 Å². The second kappa shape index (κ2) is 15.5. The predicted octanol–water partition coefficient (Wildman–Crippen LogP) is 6.82. The SMILES string of the molecule is CCCCCCCN(C(=O)C(CO)NC(=O)OC(C)(C)C)C(C(=O)Nc1ccc2ccccc2c1)c1ccc(C)cc1C. The Morgan fingerprint density at radius 2 is 1.60 bits per heavy atom. The lowest BCUT2D eigenvalue weighted by atomic mass is 9.96. The molecule has 0 saturated carbocycles. The van der Waals surface area contributed by atoms with E-state index in [0.29, 0.717) is 17.7 Å². The van der Waals surface area contributed by atoms with E-state index in [0.717, 1.165) is 47.6 Å². The number of unbranched alkanes of at least 4 members (excludes halogenated alkanes) is 4. The van der Waals surface area contributed by atoms with Gasteiger partial charge in [0, 0.05) is 12.2 Å². The van der Waals surface area contributed by atoms with Crippen molar-refractivity contribution in [3.8, 4) is 0 Å². The average Bonchev–Trinajstić information content (AvgIpc) is 2.94. The van der Waals surface area contributed by atoms with Crippen LogP contribution in [0.25, 0.3) is 10.8 Å². The first-order valence-electron chi connectivity index (χ1n) is 15.2. The number of benzene rings is 3.